The Bertz CT molecular complexity index is 538. The number of benzene rings is 1. The smallest absolute Gasteiger partial charge is 0.220 e. The maximum atomic E-state index is 11.4. The van der Waals surface area contributed by atoms with Crippen LogP contribution in [0.1, 0.15) is 18.4 Å². The largest absolute Gasteiger partial charge is 0.396 e. The van der Waals surface area contributed by atoms with Gasteiger partial charge >= 0.3 is 0 Å². The lowest BCUT2D eigenvalue weighted by Crippen LogP contribution is -2.22. The second kappa shape index (κ2) is 7.40. The summed E-state index contributed by atoms with van der Waals surface area (Å²) in [6.45, 7) is 0.555. The predicted molar refractivity (Wildman–Crippen MR) is 77.8 cm³/mol. The van der Waals surface area contributed by atoms with Crippen molar-refractivity contribution in [3.8, 4) is 11.3 Å². The minimum atomic E-state index is -0.0344. The van der Waals surface area contributed by atoms with E-state index in [2.05, 4.69) is 10.3 Å². The standard InChI is InChI=1S/C16H18N2O2/c19-11-3-5-16(20)18-12-13-6-8-14(9-7-13)15-4-1-2-10-17-15/h1-2,4,6-10,19H,3,5,11-12H2,(H,18,20). The van der Waals surface area contributed by atoms with E-state index >= 15 is 0 Å². The first-order chi connectivity index (χ1) is 9.79. The zero-order chi connectivity index (χ0) is 14.2. The molecule has 104 valence electrons. The number of pyridine rings is 1. The highest BCUT2D eigenvalue weighted by atomic mass is 16.3. The van der Waals surface area contributed by atoms with E-state index in [9.17, 15) is 4.79 Å². The van der Waals surface area contributed by atoms with E-state index in [0.29, 0.717) is 19.4 Å². The summed E-state index contributed by atoms with van der Waals surface area (Å²) in [5, 5.41) is 11.5. The van der Waals surface area contributed by atoms with Gasteiger partial charge in [-0.25, -0.2) is 0 Å². The topological polar surface area (TPSA) is 62.2 Å². The van der Waals surface area contributed by atoms with E-state index in [4.69, 9.17) is 5.11 Å². The summed E-state index contributed by atoms with van der Waals surface area (Å²) in [5.74, 6) is -0.0344. The molecule has 0 atom stereocenters. The number of nitrogens with zero attached hydrogens (tertiary/aromatic N) is 1. The van der Waals surface area contributed by atoms with Gasteiger partial charge in [-0.15, -0.1) is 0 Å². The Hall–Kier alpha value is -2.20. The quantitative estimate of drug-likeness (QED) is 0.845. The van der Waals surface area contributed by atoms with Crippen molar-refractivity contribution in [2.75, 3.05) is 6.61 Å². The van der Waals surface area contributed by atoms with E-state index in [1.807, 2.05) is 42.5 Å². The van der Waals surface area contributed by atoms with Crippen LogP contribution in [0.25, 0.3) is 11.3 Å². The molecular formula is C16H18N2O2. The number of hydrogen-bond acceptors (Lipinski definition) is 3. The van der Waals surface area contributed by atoms with Gasteiger partial charge in [0.15, 0.2) is 0 Å². The maximum Gasteiger partial charge on any atom is 0.220 e. The Morgan fingerprint density at radius 3 is 2.60 bits per heavy atom. The molecule has 2 N–H and O–H groups in total. The number of carbonyl (C=O) groups is 1. The molecule has 1 aromatic carbocycles. The molecule has 4 heteroatoms. The summed E-state index contributed by atoms with van der Waals surface area (Å²) in [6, 6.07) is 13.8. The van der Waals surface area contributed by atoms with Crippen LogP contribution >= 0.6 is 0 Å². The number of carbonyl (C=O) groups excluding carboxylic acids is 1. The van der Waals surface area contributed by atoms with Crippen molar-refractivity contribution in [3.05, 3.63) is 54.2 Å². The van der Waals surface area contributed by atoms with Crippen LogP contribution in [0, 0.1) is 0 Å². The van der Waals surface area contributed by atoms with Crippen molar-refractivity contribution in [2.24, 2.45) is 0 Å². The molecule has 2 rings (SSSR count). The number of rotatable bonds is 6. The summed E-state index contributed by atoms with van der Waals surface area (Å²) >= 11 is 0. The van der Waals surface area contributed by atoms with Crippen LogP contribution in [0.15, 0.2) is 48.7 Å². The average molecular weight is 270 g/mol. The summed E-state index contributed by atoms with van der Waals surface area (Å²) in [4.78, 5) is 15.7. The van der Waals surface area contributed by atoms with E-state index in [1.54, 1.807) is 6.20 Å². The van der Waals surface area contributed by atoms with Gasteiger partial charge in [0.2, 0.25) is 5.91 Å². The minimum absolute atomic E-state index is 0.0344. The van der Waals surface area contributed by atoms with Crippen LogP contribution in [-0.2, 0) is 11.3 Å². The highest BCUT2D eigenvalue weighted by molar-refractivity contribution is 5.75. The van der Waals surface area contributed by atoms with Gasteiger partial charge in [-0.1, -0.05) is 30.3 Å². The number of nitrogens with one attached hydrogen (secondary N) is 1. The Morgan fingerprint density at radius 2 is 1.95 bits per heavy atom. The number of aromatic nitrogens is 1. The SMILES string of the molecule is O=C(CCCO)NCc1ccc(-c2ccccn2)cc1. The molecule has 2 aromatic rings. The number of hydrogen-bond donors (Lipinski definition) is 2. The van der Waals surface area contributed by atoms with Gasteiger partial charge in [0.25, 0.3) is 0 Å². The zero-order valence-corrected chi connectivity index (χ0v) is 11.2. The first-order valence-electron chi connectivity index (χ1n) is 6.67. The molecule has 0 aliphatic carbocycles. The molecule has 1 amide bonds. The van der Waals surface area contributed by atoms with Gasteiger partial charge < -0.3 is 10.4 Å². The lowest BCUT2D eigenvalue weighted by atomic mass is 10.1. The Kier molecular flexibility index (Phi) is 5.26. The van der Waals surface area contributed by atoms with Gasteiger partial charge in [0.1, 0.15) is 0 Å². The molecule has 1 heterocycles. The van der Waals surface area contributed by atoms with Crippen molar-refractivity contribution in [2.45, 2.75) is 19.4 Å². The van der Waals surface area contributed by atoms with Gasteiger partial charge in [-0.3, -0.25) is 9.78 Å². The van der Waals surface area contributed by atoms with Gasteiger partial charge in [-0.05, 0) is 24.1 Å². The molecular weight excluding hydrogens is 252 g/mol. The molecule has 0 radical (unpaired) electrons. The highest BCUT2D eigenvalue weighted by Crippen LogP contribution is 2.16. The Morgan fingerprint density at radius 1 is 1.15 bits per heavy atom. The van der Waals surface area contributed by atoms with Crippen LogP contribution in [0.5, 0.6) is 0 Å². The number of aliphatic hydroxyl groups excluding tert-OH is 1. The van der Waals surface area contributed by atoms with Crippen LogP contribution in [-0.4, -0.2) is 22.6 Å². The van der Waals surface area contributed by atoms with Crippen LogP contribution in [0.3, 0.4) is 0 Å². The fourth-order valence-corrected chi connectivity index (χ4v) is 1.86. The van der Waals surface area contributed by atoms with Crippen molar-refractivity contribution in [3.63, 3.8) is 0 Å². The molecule has 0 unspecified atom stereocenters. The number of aliphatic hydroxyl groups is 1. The van der Waals surface area contributed by atoms with Gasteiger partial charge in [0, 0.05) is 31.3 Å². The van der Waals surface area contributed by atoms with Crippen molar-refractivity contribution in [1.29, 1.82) is 0 Å². The molecule has 4 nitrogen and oxygen atoms in total. The molecule has 20 heavy (non-hydrogen) atoms. The minimum Gasteiger partial charge on any atom is -0.396 e. The Labute approximate surface area is 118 Å². The summed E-state index contributed by atoms with van der Waals surface area (Å²) in [7, 11) is 0. The summed E-state index contributed by atoms with van der Waals surface area (Å²) in [6.07, 6.45) is 2.64. The van der Waals surface area contributed by atoms with E-state index in [1.165, 1.54) is 0 Å². The summed E-state index contributed by atoms with van der Waals surface area (Å²) in [5.41, 5.74) is 3.04. The third-order valence-electron chi connectivity index (χ3n) is 2.97. The number of amides is 1. The molecule has 0 spiro atoms. The summed E-state index contributed by atoms with van der Waals surface area (Å²) < 4.78 is 0. The van der Waals surface area contributed by atoms with Crippen LogP contribution in [0.2, 0.25) is 0 Å². The monoisotopic (exact) mass is 270 g/mol. The first kappa shape index (κ1) is 14.2. The third kappa shape index (κ3) is 4.17. The maximum absolute atomic E-state index is 11.4. The molecule has 0 saturated carbocycles. The second-order valence-electron chi connectivity index (χ2n) is 4.52. The molecule has 0 bridgehead atoms. The van der Waals surface area contributed by atoms with E-state index < -0.39 is 0 Å². The van der Waals surface area contributed by atoms with Crippen LogP contribution < -0.4 is 5.32 Å². The average Bonchev–Trinajstić information content (AvgIpc) is 2.52. The lowest BCUT2D eigenvalue weighted by Gasteiger charge is -2.06. The van der Waals surface area contributed by atoms with Gasteiger partial charge in [0.05, 0.1) is 5.69 Å². The van der Waals surface area contributed by atoms with Gasteiger partial charge in [-0.2, -0.15) is 0 Å². The fraction of sp³-hybridized carbons (Fsp3) is 0.250. The fourth-order valence-electron chi connectivity index (χ4n) is 1.86. The lowest BCUT2D eigenvalue weighted by molar-refractivity contribution is -0.121. The molecule has 0 aliphatic heterocycles. The molecule has 0 aliphatic rings. The van der Waals surface area contributed by atoms with Crippen molar-refractivity contribution >= 4 is 5.91 Å². The first-order valence-corrected chi connectivity index (χ1v) is 6.67. The highest BCUT2D eigenvalue weighted by Gasteiger charge is 2.02. The van der Waals surface area contributed by atoms with Crippen LogP contribution in [0.4, 0.5) is 0 Å². The second-order valence-corrected chi connectivity index (χ2v) is 4.52. The molecule has 1 aromatic heterocycles. The van der Waals surface area contributed by atoms with Crippen molar-refractivity contribution < 1.29 is 9.90 Å². The molecule has 0 saturated heterocycles. The zero-order valence-electron chi connectivity index (χ0n) is 11.2. The molecule has 0 fully saturated rings. The van der Waals surface area contributed by atoms with E-state index in [-0.39, 0.29) is 12.5 Å². The van der Waals surface area contributed by atoms with Crippen molar-refractivity contribution in [1.82, 2.24) is 10.3 Å². The van der Waals surface area contributed by atoms with E-state index in [0.717, 1.165) is 16.8 Å². The Balaban J connectivity index is 1.90. The normalized spacial score (nSPS) is 10.2. The predicted octanol–water partition coefficient (Wildman–Crippen LogP) is 2.14. The third-order valence-corrected chi connectivity index (χ3v) is 2.97.